The van der Waals surface area contributed by atoms with Crippen LogP contribution in [0.4, 0.5) is 0 Å². The molecule has 0 radical (unpaired) electrons. The summed E-state index contributed by atoms with van der Waals surface area (Å²) in [5.41, 5.74) is 11.7. The summed E-state index contributed by atoms with van der Waals surface area (Å²) in [5, 5.41) is 2.44. The number of hydrogen-bond acceptors (Lipinski definition) is 0. The Hall–Kier alpha value is -0.200. The topological polar surface area (TPSA) is 104 Å². The summed E-state index contributed by atoms with van der Waals surface area (Å²) >= 11 is 0. The largest absolute Gasteiger partial charge is 0.357 e. The van der Waals surface area contributed by atoms with Crippen LogP contribution in [0.2, 0.25) is 0 Å². The van der Waals surface area contributed by atoms with Gasteiger partial charge in [0, 0.05) is 32.1 Å². The quantitative estimate of drug-likeness (QED) is 0.194. The van der Waals surface area contributed by atoms with Gasteiger partial charge in [-0.25, -0.2) is 0 Å². The minimum Gasteiger partial charge on any atom is -0.357 e. The van der Waals surface area contributed by atoms with Gasteiger partial charge < -0.3 is 27.4 Å². The van der Waals surface area contributed by atoms with Crippen molar-refractivity contribution in [2.24, 2.45) is 0 Å². The highest BCUT2D eigenvalue weighted by atomic mass is 15.1. The lowest BCUT2D eigenvalue weighted by molar-refractivity contribution is -0.902. The number of rotatable bonds is 14. The lowest BCUT2D eigenvalue weighted by Crippen LogP contribution is -3.12. The molecule has 0 atom stereocenters. The first-order valence-corrected chi connectivity index (χ1v) is 7.88. The van der Waals surface area contributed by atoms with Gasteiger partial charge >= 0.3 is 0 Å². The minimum atomic E-state index is 1.07. The normalized spacial score (nSPS) is 11.3. The second-order valence-corrected chi connectivity index (χ2v) is 5.19. The van der Waals surface area contributed by atoms with Crippen molar-refractivity contribution >= 4 is 0 Å². The number of nitrogens with one attached hydrogen (secondary N) is 1. The van der Waals surface area contributed by atoms with Crippen molar-refractivity contribution in [3.63, 3.8) is 0 Å². The van der Waals surface area contributed by atoms with Crippen LogP contribution in [0, 0.1) is 0 Å². The molecule has 0 aliphatic carbocycles. The molecule has 0 saturated carbocycles. The number of unbranched alkanes of at least 4 members (excludes halogenated alkanes) is 1. The van der Waals surface area contributed by atoms with Gasteiger partial charge in [0.25, 0.3) is 0 Å². The van der Waals surface area contributed by atoms with E-state index in [1.807, 2.05) is 0 Å². The first-order valence-electron chi connectivity index (χ1n) is 7.88. The molecule has 0 fully saturated rings. The Kier molecular flexibility index (Phi) is 14.7. The zero-order valence-corrected chi connectivity index (χ0v) is 12.4. The average Bonchev–Trinajstić information content (AvgIpc) is 2.40. The molecule has 0 aliphatic rings. The SMILES string of the molecule is [NH3+]CCC[NH2+]CCCC[NH+](CCC[NH3+])CCC[NH3+]. The molecule has 0 aromatic rings. The van der Waals surface area contributed by atoms with Gasteiger partial charge in [0.15, 0.2) is 0 Å². The smallest absolute Gasteiger partial charge is 0.0825 e. The van der Waals surface area contributed by atoms with E-state index < -0.39 is 0 Å². The van der Waals surface area contributed by atoms with Crippen molar-refractivity contribution in [3.05, 3.63) is 0 Å². The molecule has 0 aromatic heterocycles. The molecule has 0 aliphatic heterocycles. The highest BCUT2D eigenvalue weighted by Gasteiger charge is 2.08. The standard InChI is InChI=1S/C13H33N5/c14-6-3-10-17-9-1-2-11-18(12-4-7-15)13-5-8-16/h17H,1-16H2/p+5. The third-order valence-electron chi connectivity index (χ3n) is 3.41. The van der Waals surface area contributed by atoms with E-state index in [0.29, 0.717) is 0 Å². The van der Waals surface area contributed by atoms with E-state index >= 15 is 0 Å². The number of hydrogen-bond donors (Lipinski definition) is 5. The van der Waals surface area contributed by atoms with Crippen molar-refractivity contribution in [2.75, 3.05) is 52.4 Å². The van der Waals surface area contributed by atoms with Gasteiger partial charge in [0.2, 0.25) is 0 Å². The molecule has 0 unspecified atom stereocenters. The zero-order chi connectivity index (χ0) is 13.5. The maximum absolute atomic E-state index is 3.94. The van der Waals surface area contributed by atoms with Crippen LogP contribution >= 0.6 is 0 Å². The Labute approximate surface area is 112 Å². The molecule has 5 nitrogen and oxygen atoms in total. The molecule has 0 amide bonds. The van der Waals surface area contributed by atoms with Gasteiger partial charge in [-0.05, 0) is 0 Å². The Morgan fingerprint density at radius 3 is 1.67 bits per heavy atom. The molecule has 110 valence electrons. The average molecular weight is 264 g/mol. The second kappa shape index (κ2) is 14.9. The maximum Gasteiger partial charge on any atom is 0.0825 e. The Balaban J connectivity index is 3.43. The molecule has 5 heteroatoms. The van der Waals surface area contributed by atoms with Crippen molar-refractivity contribution in [3.8, 4) is 0 Å². The molecule has 12 N–H and O–H groups in total. The summed E-state index contributed by atoms with van der Waals surface area (Å²) in [5.74, 6) is 0. The van der Waals surface area contributed by atoms with Crippen LogP contribution in [0.3, 0.4) is 0 Å². The molecule has 0 aromatic carbocycles. The fourth-order valence-electron chi connectivity index (χ4n) is 2.22. The minimum absolute atomic E-state index is 1.07. The van der Waals surface area contributed by atoms with E-state index in [9.17, 15) is 0 Å². The van der Waals surface area contributed by atoms with Crippen LogP contribution in [-0.2, 0) is 0 Å². The fraction of sp³-hybridized carbons (Fsp3) is 1.00. The van der Waals surface area contributed by atoms with E-state index in [0.717, 1.165) is 19.6 Å². The number of quaternary nitrogens is 5. The fourth-order valence-corrected chi connectivity index (χ4v) is 2.22. The highest BCUT2D eigenvalue weighted by molar-refractivity contribution is 4.38. The van der Waals surface area contributed by atoms with Gasteiger partial charge in [0.1, 0.15) is 0 Å². The van der Waals surface area contributed by atoms with Gasteiger partial charge in [-0.3, -0.25) is 0 Å². The van der Waals surface area contributed by atoms with E-state index in [1.165, 1.54) is 64.8 Å². The molecular formula is C13H38N5+5. The summed E-state index contributed by atoms with van der Waals surface area (Å²) in [7, 11) is 0. The van der Waals surface area contributed by atoms with Crippen LogP contribution < -0.4 is 27.4 Å². The molecule has 0 spiro atoms. The van der Waals surface area contributed by atoms with Crippen molar-refractivity contribution in [1.82, 2.24) is 0 Å². The van der Waals surface area contributed by atoms with E-state index in [-0.39, 0.29) is 0 Å². The van der Waals surface area contributed by atoms with Crippen LogP contribution in [-0.4, -0.2) is 52.4 Å². The van der Waals surface area contributed by atoms with E-state index in [2.05, 4.69) is 22.5 Å². The Bertz CT molecular complexity index is 146. The predicted octanol–water partition coefficient (Wildman–Crippen LogP) is -4.89. The van der Waals surface area contributed by atoms with Gasteiger partial charge in [-0.1, -0.05) is 0 Å². The van der Waals surface area contributed by atoms with E-state index in [4.69, 9.17) is 0 Å². The van der Waals surface area contributed by atoms with Crippen molar-refractivity contribution < 1.29 is 27.4 Å². The van der Waals surface area contributed by atoms with Crippen molar-refractivity contribution in [1.29, 1.82) is 0 Å². The van der Waals surface area contributed by atoms with Gasteiger partial charge in [0.05, 0.1) is 52.4 Å². The zero-order valence-electron chi connectivity index (χ0n) is 12.4. The van der Waals surface area contributed by atoms with E-state index in [1.54, 1.807) is 4.90 Å². The molecule has 18 heavy (non-hydrogen) atoms. The third-order valence-corrected chi connectivity index (χ3v) is 3.41. The molecule has 0 rings (SSSR count). The van der Waals surface area contributed by atoms with Gasteiger partial charge in [-0.15, -0.1) is 0 Å². The lowest BCUT2D eigenvalue weighted by Gasteiger charge is -2.18. The van der Waals surface area contributed by atoms with Crippen LogP contribution in [0.5, 0.6) is 0 Å². The lowest BCUT2D eigenvalue weighted by atomic mass is 10.2. The molecular weight excluding hydrogens is 226 g/mol. The Morgan fingerprint density at radius 1 is 0.611 bits per heavy atom. The maximum atomic E-state index is 3.94. The predicted molar refractivity (Wildman–Crippen MR) is 73.6 cm³/mol. The first kappa shape index (κ1) is 17.8. The monoisotopic (exact) mass is 264 g/mol. The second-order valence-electron chi connectivity index (χ2n) is 5.19. The molecule has 0 saturated heterocycles. The summed E-state index contributed by atoms with van der Waals surface area (Å²) in [6, 6.07) is 0. The Morgan fingerprint density at radius 2 is 1.11 bits per heavy atom. The summed E-state index contributed by atoms with van der Waals surface area (Å²) in [4.78, 5) is 1.76. The summed E-state index contributed by atoms with van der Waals surface area (Å²) in [6.07, 6.45) is 6.51. The van der Waals surface area contributed by atoms with Crippen LogP contribution in [0.25, 0.3) is 0 Å². The molecule has 0 heterocycles. The molecule has 0 bridgehead atoms. The van der Waals surface area contributed by atoms with Crippen LogP contribution in [0.1, 0.15) is 32.1 Å². The summed E-state index contributed by atoms with van der Waals surface area (Å²) in [6.45, 7) is 9.71. The van der Waals surface area contributed by atoms with Crippen LogP contribution in [0.15, 0.2) is 0 Å². The summed E-state index contributed by atoms with van der Waals surface area (Å²) < 4.78 is 0. The van der Waals surface area contributed by atoms with Crippen molar-refractivity contribution in [2.45, 2.75) is 32.1 Å². The first-order chi connectivity index (χ1) is 8.85. The van der Waals surface area contributed by atoms with Gasteiger partial charge in [-0.2, -0.15) is 0 Å². The highest BCUT2D eigenvalue weighted by Crippen LogP contribution is 1.80. The third kappa shape index (κ3) is 12.3. The number of nitrogens with two attached hydrogens (primary N) is 1.